The van der Waals surface area contributed by atoms with Gasteiger partial charge < -0.3 is 9.47 Å². The van der Waals surface area contributed by atoms with Gasteiger partial charge in [-0.05, 0) is 44.6 Å². The summed E-state index contributed by atoms with van der Waals surface area (Å²) in [6.45, 7) is 5.85. The maximum atomic E-state index is 12.7. The first-order valence-corrected chi connectivity index (χ1v) is 9.98. The number of amides is 1. The number of rotatable bonds is 5. The van der Waals surface area contributed by atoms with Gasteiger partial charge in [0.2, 0.25) is 5.91 Å². The molecule has 1 saturated heterocycles. The SMILES string of the molecule is CSc1nnc(C2CCCN(C(=O)Cc3cccnc3)C2)n1C(C)C. The number of hydrogen-bond donors (Lipinski definition) is 0. The fourth-order valence-electron chi connectivity index (χ4n) is 3.39. The molecular formula is C18H25N5OS. The van der Waals surface area contributed by atoms with Crippen molar-refractivity contribution in [2.45, 2.75) is 50.2 Å². The molecule has 3 rings (SSSR count). The van der Waals surface area contributed by atoms with Gasteiger partial charge in [-0.3, -0.25) is 9.78 Å². The Bertz CT molecular complexity index is 716. The van der Waals surface area contributed by atoms with E-state index in [2.05, 4.69) is 33.6 Å². The maximum Gasteiger partial charge on any atom is 0.227 e. The smallest absolute Gasteiger partial charge is 0.227 e. The first kappa shape index (κ1) is 17.9. The number of aromatic nitrogens is 4. The van der Waals surface area contributed by atoms with Crippen LogP contribution in [0.4, 0.5) is 0 Å². The molecule has 25 heavy (non-hydrogen) atoms. The van der Waals surface area contributed by atoms with Crippen LogP contribution in [0, 0.1) is 0 Å². The molecule has 1 unspecified atom stereocenters. The van der Waals surface area contributed by atoms with Crippen LogP contribution in [0.25, 0.3) is 0 Å². The second-order valence-electron chi connectivity index (χ2n) is 6.73. The summed E-state index contributed by atoms with van der Waals surface area (Å²) < 4.78 is 2.21. The Kier molecular flexibility index (Phi) is 5.73. The van der Waals surface area contributed by atoms with Crippen LogP contribution in [-0.4, -0.2) is 49.9 Å². The van der Waals surface area contributed by atoms with Crippen molar-refractivity contribution in [3.05, 3.63) is 35.9 Å². The number of piperidine rings is 1. The molecule has 1 aliphatic rings. The molecule has 7 heteroatoms. The van der Waals surface area contributed by atoms with Gasteiger partial charge in [-0.25, -0.2) is 0 Å². The van der Waals surface area contributed by atoms with E-state index in [-0.39, 0.29) is 11.8 Å². The van der Waals surface area contributed by atoms with Crippen LogP contribution in [-0.2, 0) is 11.2 Å². The second-order valence-corrected chi connectivity index (χ2v) is 7.50. The summed E-state index contributed by atoms with van der Waals surface area (Å²) in [7, 11) is 0. The molecule has 1 aliphatic heterocycles. The van der Waals surface area contributed by atoms with Gasteiger partial charge in [0.1, 0.15) is 5.82 Å². The summed E-state index contributed by atoms with van der Waals surface area (Å²) in [6.07, 6.45) is 7.98. The van der Waals surface area contributed by atoms with E-state index in [9.17, 15) is 4.79 Å². The van der Waals surface area contributed by atoms with Gasteiger partial charge in [0.05, 0.1) is 6.42 Å². The normalized spacial score (nSPS) is 17.9. The molecule has 1 fully saturated rings. The van der Waals surface area contributed by atoms with Gasteiger partial charge in [-0.2, -0.15) is 0 Å². The molecule has 2 aromatic heterocycles. The topological polar surface area (TPSA) is 63.9 Å². The summed E-state index contributed by atoms with van der Waals surface area (Å²) in [5.41, 5.74) is 0.963. The Morgan fingerprint density at radius 2 is 2.24 bits per heavy atom. The lowest BCUT2D eigenvalue weighted by molar-refractivity contribution is -0.131. The molecule has 1 atom stereocenters. The van der Waals surface area contributed by atoms with Gasteiger partial charge in [0.25, 0.3) is 0 Å². The molecule has 0 radical (unpaired) electrons. The summed E-state index contributed by atoms with van der Waals surface area (Å²) >= 11 is 1.62. The van der Waals surface area contributed by atoms with Gasteiger partial charge in [0, 0.05) is 37.4 Å². The van der Waals surface area contributed by atoms with Crippen molar-refractivity contribution >= 4 is 17.7 Å². The minimum atomic E-state index is 0.165. The quantitative estimate of drug-likeness (QED) is 0.768. The first-order chi connectivity index (χ1) is 12.1. The molecular weight excluding hydrogens is 334 g/mol. The predicted molar refractivity (Wildman–Crippen MR) is 98.7 cm³/mol. The molecule has 134 valence electrons. The number of pyridine rings is 1. The monoisotopic (exact) mass is 359 g/mol. The van der Waals surface area contributed by atoms with Crippen LogP contribution in [0.1, 0.15) is 50.0 Å². The molecule has 6 nitrogen and oxygen atoms in total. The van der Waals surface area contributed by atoms with Gasteiger partial charge in [-0.1, -0.05) is 17.8 Å². The Morgan fingerprint density at radius 1 is 1.40 bits per heavy atom. The highest BCUT2D eigenvalue weighted by Crippen LogP contribution is 2.30. The summed E-state index contributed by atoms with van der Waals surface area (Å²) in [6, 6.07) is 4.14. The van der Waals surface area contributed by atoms with Crippen LogP contribution in [0.2, 0.25) is 0 Å². The molecule has 0 spiro atoms. The van der Waals surface area contributed by atoms with E-state index in [4.69, 9.17) is 0 Å². The van der Waals surface area contributed by atoms with E-state index in [0.717, 1.165) is 42.5 Å². The van der Waals surface area contributed by atoms with Crippen LogP contribution in [0.3, 0.4) is 0 Å². The zero-order chi connectivity index (χ0) is 17.8. The van der Waals surface area contributed by atoms with E-state index in [1.54, 1.807) is 24.2 Å². The van der Waals surface area contributed by atoms with E-state index < -0.39 is 0 Å². The standard InChI is InChI=1S/C18H25N5OS/c1-13(2)23-17(20-21-18(23)25-3)15-7-5-9-22(12-15)16(24)10-14-6-4-8-19-11-14/h4,6,8,11,13,15H,5,7,9-10,12H2,1-3H3. The van der Waals surface area contributed by atoms with Crippen LogP contribution in [0.5, 0.6) is 0 Å². The van der Waals surface area contributed by atoms with Crippen molar-refractivity contribution in [1.29, 1.82) is 0 Å². The lowest BCUT2D eigenvalue weighted by Crippen LogP contribution is -2.40. The second kappa shape index (κ2) is 7.99. The Labute approximate surface area is 153 Å². The van der Waals surface area contributed by atoms with Crippen molar-refractivity contribution < 1.29 is 4.79 Å². The number of nitrogens with zero attached hydrogens (tertiary/aromatic N) is 5. The molecule has 0 bridgehead atoms. The first-order valence-electron chi connectivity index (χ1n) is 8.75. The minimum Gasteiger partial charge on any atom is -0.342 e. The van der Waals surface area contributed by atoms with E-state index in [1.807, 2.05) is 23.3 Å². The van der Waals surface area contributed by atoms with Crippen molar-refractivity contribution in [2.75, 3.05) is 19.3 Å². The Hall–Kier alpha value is -1.89. The van der Waals surface area contributed by atoms with Crippen molar-refractivity contribution in [1.82, 2.24) is 24.6 Å². The molecule has 1 amide bonds. The number of thioether (sulfide) groups is 1. The molecule has 0 saturated carbocycles. The number of likely N-dealkylation sites (tertiary alicyclic amines) is 1. The fourth-order valence-corrected chi connectivity index (χ4v) is 4.02. The Balaban J connectivity index is 1.73. The highest BCUT2D eigenvalue weighted by molar-refractivity contribution is 7.98. The molecule has 0 aliphatic carbocycles. The zero-order valence-electron chi connectivity index (χ0n) is 15.1. The third kappa shape index (κ3) is 4.03. The van der Waals surface area contributed by atoms with Crippen molar-refractivity contribution in [3.63, 3.8) is 0 Å². The average Bonchev–Trinajstić information content (AvgIpc) is 3.07. The number of hydrogen-bond acceptors (Lipinski definition) is 5. The minimum absolute atomic E-state index is 0.165. The Morgan fingerprint density at radius 3 is 2.92 bits per heavy atom. The summed E-state index contributed by atoms with van der Waals surface area (Å²) in [5, 5.41) is 9.73. The maximum absolute atomic E-state index is 12.7. The van der Waals surface area contributed by atoms with Gasteiger partial charge in [-0.15, -0.1) is 10.2 Å². The van der Waals surface area contributed by atoms with E-state index >= 15 is 0 Å². The van der Waals surface area contributed by atoms with Crippen LogP contribution < -0.4 is 0 Å². The largest absolute Gasteiger partial charge is 0.342 e. The molecule has 2 aromatic rings. The summed E-state index contributed by atoms with van der Waals surface area (Å²) in [4.78, 5) is 18.7. The highest BCUT2D eigenvalue weighted by Gasteiger charge is 2.29. The predicted octanol–water partition coefficient (Wildman–Crippen LogP) is 2.92. The van der Waals surface area contributed by atoms with Crippen LogP contribution in [0.15, 0.2) is 29.7 Å². The average molecular weight is 359 g/mol. The fraction of sp³-hybridized carbons (Fsp3) is 0.556. The third-order valence-electron chi connectivity index (χ3n) is 4.61. The molecule has 0 aromatic carbocycles. The van der Waals surface area contributed by atoms with Crippen molar-refractivity contribution in [2.24, 2.45) is 0 Å². The van der Waals surface area contributed by atoms with E-state index in [1.165, 1.54) is 0 Å². The molecule has 3 heterocycles. The van der Waals surface area contributed by atoms with Crippen LogP contribution >= 0.6 is 11.8 Å². The summed E-state index contributed by atoms with van der Waals surface area (Å²) in [5.74, 6) is 1.43. The lowest BCUT2D eigenvalue weighted by atomic mass is 9.96. The van der Waals surface area contributed by atoms with Gasteiger partial charge >= 0.3 is 0 Å². The number of carbonyl (C=O) groups excluding carboxylic acids is 1. The number of carbonyl (C=O) groups is 1. The van der Waals surface area contributed by atoms with Crippen molar-refractivity contribution in [3.8, 4) is 0 Å². The van der Waals surface area contributed by atoms with E-state index in [0.29, 0.717) is 12.5 Å². The zero-order valence-corrected chi connectivity index (χ0v) is 15.9. The van der Waals surface area contributed by atoms with Gasteiger partial charge in [0.15, 0.2) is 5.16 Å². The third-order valence-corrected chi connectivity index (χ3v) is 5.25. The molecule has 0 N–H and O–H groups in total. The lowest BCUT2D eigenvalue weighted by Gasteiger charge is -2.33. The highest BCUT2D eigenvalue weighted by atomic mass is 32.2.